The summed E-state index contributed by atoms with van der Waals surface area (Å²) in [6, 6.07) is 79.4. The molecule has 16 heteroatoms. The molecule has 0 amide bonds. The lowest BCUT2D eigenvalue weighted by Gasteiger charge is -2.51. The standard InChI is InChI=1S/C81H93NO15/c1-58-71(87-52-63-35-17-6-18-36-63)74(90-55-66-41-23-9-24-42-66)70(84)79(93-58)96-78-76(92-57-68-45-27-11-28-46-68)73(89-54-65-39-21-8-22-40-65)60(3)95-81(78)97-77-75(91-56-67-43-25-10-26-44-67)72(88-53-64-37-19-7-20-38-64)59(2)94-80(77)85-48-30-12-29-47-82(49-61-31-13-4-14-32-61)50-69(83)86-51-62-33-15-5-16-34-62/h4-11,13-28,31-46,58-60,70-81,84H,12,29-30,47-57H2,1-3H3/t58?,59?,60?,70?,71-,72-,73-,74?,75?,76?,77?,78?,79-,80+,81-/m0/s1. The minimum Gasteiger partial charge on any atom is -0.460 e. The van der Waals surface area contributed by atoms with Crippen LogP contribution >= 0.6 is 0 Å². The molecular formula is C81H93NO15. The summed E-state index contributed by atoms with van der Waals surface area (Å²) in [6.07, 6.45) is -11.9. The lowest BCUT2D eigenvalue weighted by Crippen LogP contribution is -2.67. The molecule has 3 aliphatic heterocycles. The average molecular weight is 1320 g/mol. The molecule has 3 heterocycles. The van der Waals surface area contributed by atoms with E-state index in [0.29, 0.717) is 19.5 Å². The first kappa shape index (κ1) is 71.0. The zero-order valence-corrected chi connectivity index (χ0v) is 55.8. The summed E-state index contributed by atoms with van der Waals surface area (Å²) >= 11 is 0. The summed E-state index contributed by atoms with van der Waals surface area (Å²) in [6.45, 7) is 8.96. The molecule has 0 radical (unpaired) electrons. The van der Waals surface area contributed by atoms with Gasteiger partial charge in [0.2, 0.25) is 0 Å². The summed E-state index contributed by atoms with van der Waals surface area (Å²) in [5.74, 6) is -0.284. The van der Waals surface area contributed by atoms with Crippen LogP contribution in [0, 0.1) is 0 Å². The van der Waals surface area contributed by atoms with Crippen LogP contribution in [-0.4, -0.2) is 128 Å². The number of ether oxygens (including phenoxy) is 13. The lowest BCUT2D eigenvalue weighted by molar-refractivity contribution is -0.399. The Kier molecular flexibility index (Phi) is 27.5. The maximum absolute atomic E-state index is 13.4. The predicted molar refractivity (Wildman–Crippen MR) is 367 cm³/mol. The highest BCUT2D eigenvalue weighted by atomic mass is 16.8. The van der Waals surface area contributed by atoms with E-state index in [2.05, 4.69) is 17.0 Å². The third-order valence-electron chi connectivity index (χ3n) is 17.7. The molecule has 0 aliphatic carbocycles. The van der Waals surface area contributed by atoms with Gasteiger partial charge in [-0.1, -0.05) is 243 Å². The minimum atomic E-state index is -1.41. The quantitative estimate of drug-likeness (QED) is 0.0295. The summed E-state index contributed by atoms with van der Waals surface area (Å²) in [4.78, 5) is 15.5. The van der Waals surface area contributed by atoms with E-state index in [1.54, 1.807) is 0 Å². The van der Waals surface area contributed by atoms with Crippen molar-refractivity contribution in [3.05, 3.63) is 287 Å². The van der Waals surface area contributed by atoms with Gasteiger partial charge in [-0.3, -0.25) is 9.69 Å². The predicted octanol–water partition coefficient (Wildman–Crippen LogP) is 13.3. The van der Waals surface area contributed by atoms with E-state index in [4.69, 9.17) is 61.6 Å². The molecule has 0 spiro atoms. The number of benzene rings is 8. The van der Waals surface area contributed by atoms with Crippen molar-refractivity contribution in [3.8, 4) is 0 Å². The molecule has 0 saturated carbocycles. The highest BCUT2D eigenvalue weighted by Gasteiger charge is 2.56. The zero-order chi connectivity index (χ0) is 66.8. The van der Waals surface area contributed by atoms with Crippen LogP contribution in [0.25, 0.3) is 0 Å². The SMILES string of the molecule is CC1O[C@@H](OC2C(OCc3ccccc3)[C@@H](OCc3ccccc3)C(C)O[C@H]2OC2C(OCc3ccccc3)[C@@H](OCc3ccccc3)C(C)O[C@H]2OCCCCCN(CC(=O)OCc2ccccc2)Cc2ccccc2)C(O)C(OCc2ccccc2)[C@H]1OCc1ccccc1. The van der Waals surface area contributed by atoms with E-state index in [-0.39, 0.29) is 65.4 Å². The number of hydrogen-bond acceptors (Lipinski definition) is 16. The van der Waals surface area contributed by atoms with Crippen LogP contribution in [-0.2, 0) is 119 Å². The zero-order valence-electron chi connectivity index (χ0n) is 55.8. The summed E-state index contributed by atoms with van der Waals surface area (Å²) in [7, 11) is 0. The molecule has 512 valence electrons. The first-order valence-corrected chi connectivity index (χ1v) is 34.1. The van der Waals surface area contributed by atoms with Gasteiger partial charge in [-0.2, -0.15) is 0 Å². The summed E-state index contributed by atoms with van der Waals surface area (Å²) < 4.78 is 90.2. The molecule has 9 unspecified atom stereocenters. The molecule has 11 rings (SSSR count). The van der Waals surface area contributed by atoms with Crippen molar-refractivity contribution in [2.75, 3.05) is 19.7 Å². The molecule has 0 bridgehead atoms. The Hall–Kier alpha value is -7.33. The topological polar surface area (TPSA) is 161 Å². The third kappa shape index (κ3) is 21.3. The highest BCUT2D eigenvalue weighted by Crippen LogP contribution is 2.39. The normalized spacial score (nSPS) is 25.8. The second kappa shape index (κ2) is 37.6. The molecule has 3 saturated heterocycles. The van der Waals surface area contributed by atoms with Crippen molar-refractivity contribution in [2.24, 2.45) is 0 Å². The fraction of sp³-hybridized carbons (Fsp3) is 0.395. The highest BCUT2D eigenvalue weighted by molar-refractivity contribution is 5.71. The van der Waals surface area contributed by atoms with E-state index in [1.807, 2.05) is 251 Å². The van der Waals surface area contributed by atoms with Gasteiger partial charge in [-0.25, -0.2) is 0 Å². The molecule has 1 N–H and O–H groups in total. The van der Waals surface area contributed by atoms with Gasteiger partial charge < -0.3 is 66.7 Å². The van der Waals surface area contributed by atoms with Crippen molar-refractivity contribution in [1.29, 1.82) is 0 Å². The fourth-order valence-corrected chi connectivity index (χ4v) is 12.6. The molecule has 97 heavy (non-hydrogen) atoms. The first-order chi connectivity index (χ1) is 47.7. The monoisotopic (exact) mass is 1320 g/mol. The van der Waals surface area contributed by atoms with E-state index in [0.717, 1.165) is 57.3 Å². The number of carbonyl (C=O) groups excluding carboxylic acids is 1. The van der Waals surface area contributed by atoms with E-state index < -0.39 is 92.1 Å². The summed E-state index contributed by atoms with van der Waals surface area (Å²) in [5.41, 5.74) is 7.68. The number of aliphatic hydroxyl groups excluding tert-OH is 1. The molecule has 3 fully saturated rings. The van der Waals surface area contributed by atoms with Crippen LogP contribution in [0.5, 0.6) is 0 Å². The van der Waals surface area contributed by atoms with E-state index in [9.17, 15) is 9.90 Å². The van der Waals surface area contributed by atoms with Gasteiger partial charge in [0.25, 0.3) is 0 Å². The van der Waals surface area contributed by atoms with Crippen LogP contribution in [0.15, 0.2) is 243 Å². The molecule has 3 aliphatic rings. The van der Waals surface area contributed by atoms with Gasteiger partial charge in [-0.15, -0.1) is 0 Å². The smallest absolute Gasteiger partial charge is 0.320 e. The molecular weight excluding hydrogens is 1230 g/mol. The third-order valence-corrected chi connectivity index (χ3v) is 17.7. The largest absolute Gasteiger partial charge is 0.460 e. The maximum Gasteiger partial charge on any atom is 0.320 e. The van der Waals surface area contributed by atoms with Crippen LogP contribution in [0.1, 0.15) is 84.5 Å². The lowest BCUT2D eigenvalue weighted by atomic mass is 9.96. The van der Waals surface area contributed by atoms with Crippen LogP contribution < -0.4 is 0 Å². The van der Waals surface area contributed by atoms with E-state index >= 15 is 0 Å². The van der Waals surface area contributed by atoms with Gasteiger partial charge in [0.1, 0.15) is 61.5 Å². The number of carbonyl (C=O) groups is 1. The Morgan fingerprint density at radius 3 is 1.05 bits per heavy atom. The van der Waals surface area contributed by atoms with E-state index in [1.165, 1.54) is 0 Å². The molecule has 16 nitrogen and oxygen atoms in total. The minimum absolute atomic E-state index is 0.144. The maximum atomic E-state index is 13.4. The van der Waals surface area contributed by atoms with Crippen molar-refractivity contribution in [2.45, 2.75) is 185 Å². The average Bonchev–Trinajstić information content (AvgIpc) is 0.834. The van der Waals surface area contributed by atoms with Gasteiger partial charge in [0.05, 0.1) is 64.5 Å². The van der Waals surface area contributed by atoms with Gasteiger partial charge >= 0.3 is 5.97 Å². The fourth-order valence-electron chi connectivity index (χ4n) is 12.6. The number of rotatable bonds is 35. The Bertz CT molecular complexity index is 3460. The van der Waals surface area contributed by atoms with Crippen LogP contribution in [0.2, 0.25) is 0 Å². The molecule has 8 aromatic carbocycles. The van der Waals surface area contributed by atoms with Crippen molar-refractivity contribution >= 4 is 5.97 Å². The van der Waals surface area contributed by atoms with Crippen molar-refractivity contribution < 1.29 is 71.5 Å². The molecule has 8 aromatic rings. The molecule has 0 aromatic heterocycles. The number of esters is 1. The Balaban J connectivity index is 0.902. The Morgan fingerprint density at radius 2 is 0.649 bits per heavy atom. The van der Waals surface area contributed by atoms with Crippen LogP contribution in [0.3, 0.4) is 0 Å². The number of nitrogens with zero attached hydrogens (tertiary/aromatic N) is 1. The van der Waals surface area contributed by atoms with Gasteiger partial charge in [0.15, 0.2) is 18.9 Å². The first-order valence-electron chi connectivity index (χ1n) is 34.1. The summed E-state index contributed by atoms with van der Waals surface area (Å²) in [5, 5.41) is 12.9. The van der Waals surface area contributed by atoms with Gasteiger partial charge in [0, 0.05) is 13.2 Å². The number of unbranched alkanes of at least 4 members (excludes halogenated alkanes) is 2. The second-order valence-corrected chi connectivity index (χ2v) is 25.2. The number of aliphatic hydroxyl groups is 1. The Morgan fingerprint density at radius 1 is 0.340 bits per heavy atom. The van der Waals surface area contributed by atoms with Crippen LogP contribution in [0.4, 0.5) is 0 Å². The van der Waals surface area contributed by atoms with Crippen molar-refractivity contribution in [3.63, 3.8) is 0 Å². The van der Waals surface area contributed by atoms with Crippen molar-refractivity contribution in [1.82, 2.24) is 4.90 Å². The van der Waals surface area contributed by atoms with Gasteiger partial charge in [-0.05, 0) is 91.1 Å². The second-order valence-electron chi connectivity index (χ2n) is 25.2. The Labute approximate surface area is 571 Å². The number of hydrogen-bond donors (Lipinski definition) is 1. The molecule has 15 atom stereocenters.